The van der Waals surface area contributed by atoms with Crippen LogP contribution in [0.1, 0.15) is 22.8 Å². The lowest BCUT2D eigenvalue weighted by Crippen LogP contribution is -2.10. The molecule has 0 aliphatic heterocycles. The fourth-order valence-electron chi connectivity index (χ4n) is 1.88. The summed E-state index contributed by atoms with van der Waals surface area (Å²) >= 11 is 11.8. The van der Waals surface area contributed by atoms with Crippen molar-refractivity contribution in [2.24, 2.45) is 0 Å². The normalized spacial score (nSPS) is 13.2. The Morgan fingerprint density at radius 3 is 2.29 bits per heavy atom. The van der Waals surface area contributed by atoms with E-state index in [1.54, 1.807) is 0 Å². The van der Waals surface area contributed by atoms with Crippen molar-refractivity contribution in [1.29, 1.82) is 0 Å². The molecule has 21 heavy (non-hydrogen) atoms. The molecule has 0 spiro atoms. The van der Waals surface area contributed by atoms with Crippen molar-refractivity contribution >= 4 is 28.9 Å². The van der Waals surface area contributed by atoms with E-state index in [9.17, 15) is 18.3 Å². The molecule has 0 aromatic heterocycles. The summed E-state index contributed by atoms with van der Waals surface area (Å²) in [7, 11) is 0. The van der Waals surface area contributed by atoms with Crippen LogP contribution in [-0.2, 0) is 6.18 Å². The number of hydrogen-bond acceptors (Lipinski definition) is 2. The number of halogens is 5. The molecule has 0 bridgehead atoms. The quantitative estimate of drug-likeness (QED) is 0.783. The Kier molecular flexibility index (Phi) is 4.37. The summed E-state index contributed by atoms with van der Waals surface area (Å²) in [6.07, 6.45) is -5.93. The molecule has 2 nitrogen and oxygen atoms in total. The molecular weight excluding hydrogens is 326 g/mol. The first-order chi connectivity index (χ1) is 9.70. The van der Waals surface area contributed by atoms with Gasteiger partial charge in [-0.3, -0.25) is 0 Å². The van der Waals surface area contributed by atoms with Crippen LogP contribution in [0.25, 0.3) is 0 Å². The van der Waals surface area contributed by atoms with Crippen molar-refractivity contribution in [2.45, 2.75) is 12.3 Å². The zero-order valence-corrected chi connectivity index (χ0v) is 12.0. The van der Waals surface area contributed by atoms with Gasteiger partial charge in [-0.15, -0.1) is 0 Å². The highest BCUT2D eigenvalue weighted by molar-refractivity contribution is 6.33. The standard InChI is InChI=1S/C14H10Cl2F3NO/c15-8-2-3-11(16)9(6-8)13(21)10-5-7(14(17,18)19)1-4-12(10)20/h1-6,13,21H,20H2. The van der Waals surface area contributed by atoms with E-state index in [0.29, 0.717) is 5.02 Å². The second-order valence-electron chi connectivity index (χ2n) is 4.41. The monoisotopic (exact) mass is 335 g/mol. The minimum Gasteiger partial charge on any atom is -0.398 e. The first kappa shape index (κ1) is 15.9. The molecule has 7 heteroatoms. The van der Waals surface area contributed by atoms with Gasteiger partial charge in [0.15, 0.2) is 0 Å². The SMILES string of the molecule is Nc1ccc(C(F)(F)F)cc1C(O)c1cc(Cl)ccc1Cl. The van der Waals surface area contributed by atoms with Crippen LogP contribution in [-0.4, -0.2) is 5.11 Å². The predicted molar refractivity (Wildman–Crippen MR) is 76.4 cm³/mol. The number of anilines is 1. The summed E-state index contributed by atoms with van der Waals surface area (Å²) in [5.41, 5.74) is 4.91. The lowest BCUT2D eigenvalue weighted by Gasteiger charge is -2.17. The van der Waals surface area contributed by atoms with Crippen LogP contribution in [0.4, 0.5) is 18.9 Å². The fourth-order valence-corrected chi connectivity index (χ4v) is 2.28. The molecule has 0 fully saturated rings. The van der Waals surface area contributed by atoms with Gasteiger partial charge in [-0.25, -0.2) is 0 Å². The highest BCUT2D eigenvalue weighted by Gasteiger charge is 2.32. The van der Waals surface area contributed by atoms with Crippen LogP contribution >= 0.6 is 23.2 Å². The Labute approximate surface area is 128 Å². The molecule has 0 heterocycles. The van der Waals surface area contributed by atoms with Gasteiger partial charge < -0.3 is 10.8 Å². The molecule has 1 unspecified atom stereocenters. The maximum absolute atomic E-state index is 12.7. The molecule has 2 rings (SSSR count). The van der Waals surface area contributed by atoms with Crippen molar-refractivity contribution < 1.29 is 18.3 Å². The Balaban J connectivity index is 2.52. The smallest absolute Gasteiger partial charge is 0.398 e. The zero-order valence-electron chi connectivity index (χ0n) is 10.5. The summed E-state index contributed by atoms with van der Waals surface area (Å²) in [5, 5.41) is 10.8. The van der Waals surface area contributed by atoms with Crippen molar-refractivity contribution in [1.82, 2.24) is 0 Å². The molecule has 1 atom stereocenters. The maximum atomic E-state index is 12.7. The van der Waals surface area contributed by atoms with Crippen molar-refractivity contribution in [3.63, 3.8) is 0 Å². The third-order valence-corrected chi connectivity index (χ3v) is 3.54. The molecule has 0 saturated carbocycles. The van der Waals surface area contributed by atoms with E-state index in [2.05, 4.69) is 0 Å². The highest BCUT2D eigenvalue weighted by atomic mass is 35.5. The summed E-state index contributed by atoms with van der Waals surface area (Å²) in [4.78, 5) is 0. The van der Waals surface area contributed by atoms with Crippen LogP contribution < -0.4 is 5.73 Å². The number of aliphatic hydroxyl groups excluding tert-OH is 1. The average molecular weight is 336 g/mol. The second kappa shape index (κ2) is 5.75. The van der Waals surface area contributed by atoms with Gasteiger partial charge in [-0.1, -0.05) is 23.2 Å². The van der Waals surface area contributed by atoms with Gasteiger partial charge >= 0.3 is 6.18 Å². The van der Waals surface area contributed by atoms with E-state index in [-0.39, 0.29) is 21.8 Å². The lowest BCUT2D eigenvalue weighted by molar-refractivity contribution is -0.137. The number of benzene rings is 2. The fraction of sp³-hybridized carbons (Fsp3) is 0.143. The first-order valence-corrected chi connectivity index (χ1v) is 6.55. The third-order valence-electron chi connectivity index (χ3n) is 2.96. The van der Waals surface area contributed by atoms with Crippen LogP contribution in [0.3, 0.4) is 0 Å². The molecule has 0 aliphatic rings. The van der Waals surface area contributed by atoms with E-state index >= 15 is 0 Å². The highest BCUT2D eigenvalue weighted by Crippen LogP contribution is 2.37. The minimum absolute atomic E-state index is 0.0338. The van der Waals surface area contributed by atoms with Gasteiger partial charge in [0.1, 0.15) is 6.10 Å². The maximum Gasteiger partial charge on any atom is 0.416 e. The first-order valence-electron chi connectivity index (χ1n) is 5.80. The molecule has 2 aromatic carbocycles. The minimum atomic E-state index is -4.53. The molecule has 0 aliphatic carbocycles. The van der Waals surface area contributed by atoms with E-state index in [0.717, 1.165) is 18.2 Å². The Bertz CT molecular complexity index is 674. The third kappa shape index (κ3) is 3.43. The van der Waals surface area contributed by atoms with Gasteiger partial charge in [0, 0.05) is 26.9 Å². The molecule has 112 valence electrons. The molecular formula is C14H10Cl2F3NO. The number of aliphatic hydroxyl groups is 1. The number of nitrogens with two attached hydrogens (primary N) is 1. The summed E-state index contributed by atoms with van der Waals surface area (Å²) in [6.45, 7) is 0. The number of alkyl halides is 3. The summed E-state index contributed by atoms with van der Waals surface area (Å²) in [6, 6.07) is 7.10. The zero-order chi connectivity index (χ0) is 15.8. The predicted octanol–water partition coefficient (Wildman–Crippen LogP) is 4.68. The summed E-state index contributed by atoms with van der Waals surface area (Å²) < 4.78 is 38.2. The molecule has 0 saturated heterocycles. The number of rotatable bonds is 2. The van der Waals surface area contributed by atoms with Crippen molar-refractivity contribution in [2.75, 3.05) is 5.73 Å². The summed E-state index contributed by atoms with van der Waals surface area (Å²) in [5.74, 6) is 0. The van der Waals surface area contributed by atoms with Crippen molar-refractivity contribution in [3.05, 3.63) is 63.1 Å². The van der Waals surface area contributed by atoms with Crippen molar-refractivity contribution in [3.8, 4) is 0 Å². The van der Waals surface area contributed by atoms with E-state index in [4.69, 9.17) is 28.9 Å². The van der Waals surface area contributed by atoms with Gasteiger partial charge in [0.2, 0.25) is 0 Å². The van der Waals surface area contributed by atoms with Crippen LogP contribution in [0.5, 0.6) is 0 Å². The van der Waals surface area contributed by atoms with E-state index in [1.165, 1.54) is 18.2 Å². The number of nitrogen functional groups attached to an aromatic ring is 1. The molecule has 3 N–H and O–H groups in total. The Morgan fingerprint density at radius 2 is 1.67 bits per heavy atom. The average Bonchev–Trinajstić information content (AvgIpc) is 2.40. The van der Waals surface area contributed by atoms with Gasteiger partial charge in [0.25, 0.3) is 0 Å². The van der Waals surface area contributed by atoms with E-state index < -0.39 is 17.8 Å². The molecule has 0 radical (unpaired) electrons. The topological polar surface area (TPSA) is 46.2 Å². The van der Waals surface area contributed by atoms with Gasteiger partial charge in [-0.2, -0.15) is 13.2 Å². The number of hydrogen-bond donors (Lipinski definition) is 2. The van der Waals surface area contributed by atoms with Crippen LogP contribution in [0.15, 0.2) is 36.4 Å². The second-order valence-corrected chi connectivity index (χ2v) is 5.25. The lowest BCUT2D eigenvalue weighted by atomic mass is 9.98. The Morgan fingerprint density at radius 1 is 1.00 bits per heavy atom. The van der Waals surface area contributed by atoms with Gasteiger partial charge in [-0.05, 0) is 36.4 Å². The Hall–Kier alpha value is -1.43. The largest absolute Gasteiger partial charge is 0.416 e. The van der Waals surface area contributed by atoms with Crippen LogP contribution in [0.2, 0.25) is 10.0 Å². The van der Waals surface area contributed by atoms with Crippen LogP contribution in [0, 0.1) is 0 Å². The molecule has 2 aromatic rings. The van der Waals surface area contributed by atoms with E-state index in [1.807, 2.05) is 0 Å². The van der Waals surface area contributed by atoms with Gasteiger partial charge in [0.05, 0.1) is 5.56 Å². The molecule has 0 amide bonds.